The second-order valence-electron chi connectivity index (χ2n) is 2.22. The molecule has 0 spiro atoms. The molecule has 1 aromatic rings. The van der Waals surface area contributed by atoms with E-state index in [1.807, 2.05) is 0 Å². The van der Waals surface area contributed by atoms with E-state index in [0.29, 0.717) is 4.42 Å². The van der Waals surface area contributed by atoms with Crippen LogP contribution in [-0.2, 0) is 9.59 Å². The van der Waals surface area contributed by atoms with Gasteiger partial charge in [0.1, 0.15) is 0 Å². The molecule has 0 radical (unpaired) electrons. The maximum absolute atomic E-state index is 10.4. The van der Waals surface area contributed by atoms with Gasteiger partial charge in [0.15, 0.2) is 0 Å². The molecule has 1 saturated heterocycles. The highest BCUT2D eigenvalue weighted by atomic mass is 35.5. The molecular weight excluding hydrogens is 196 g/mol. The first-order valence-electron chi connectivity index (χ1n) is 3.53. The summed E-state index contributed by atoms with van der Waals surface area (Å²) in [7, 11) is 0. The maximum Gasteiger partial charge on any atom is 0.244 e. The molecule has 0 unspecified atom stereocenters. The maximum atomic E-state index is 10.4. The molecule has 0 atom stereocenters. The Morgan fingerprint density at radius 2 is 1.69 bits per heavy atom. The second kappa shape index (κ2) is 4.56. The number of rotatable bonds is 0. The van der Waals surface area contributed by atoms with Crippen molar-refractivity contribution in [1.82, 2.24) is 19.8 Å². The molecule has 1 N–H and O–H groups in total. The van der Waals surface area contributed by atoms with Crippen molar-refractivity contribution in [1.29, 1.82) is 0 Å². The van der Waals surface area contributed by atoms with Crippen LogP contribution in [0.15, 0.2) is 12.4 Å². The van der Waals surface area contributed by atoms with E-state index in [1.165, 1.54) is 0 Å². The lowest BCUT2D eigenvalue weighted by atomic mass is 10.4. The summed E-state index contributed by atoms with van der Waals surface area (Å²) in [5, 5.41) is 9.33. The van der Waals surface area contributed by atoms with E-state index >= 15 is 0 Å². The first kappa shape index (κ1) is 9.66. The fourth-order valence-electron chi connectivity index (χ4n) is 0.716. The van der Waals surface area contributed by atoms with Crippen molar-refractivity contribution in [3.05, 3.63) is 12.4 Å². The summed E-state index contributed by atoms with van der Waals surface area (Å²) >= 11 is 5.15. The number of aromatic amines is 1. The number of carbonyl (C=O) groups is 2. The average molecular weight is 203 g/mol. The second-order valence-corrected chi connectivity index (χ2v) is 2.56. The lowest BCUT2D eigenvalue weighted by Crippen LogP contribution is -2.16. The van der Waals surface area contributed by atoms with Crippen molar-refractivity contribution >= 4 is 23.6 Å². The minimum Gasteiger partial charge on any atom is -0.273 e. The van der Waals surface area contributed by atoms with Gasteiger partial charge in [0.25, 0.3) is 0 Å². The van der Waals surface area contributed by atoms with Gasteiger partial charge >= 0.3 is 0 Å². The van der Waals surface area contributed by atoms with Crippen molar-refractivity contribution in [3.63, 3.8) is 0 Å². The Labute approximate surface area is 79.0 Å². The first-order valence-corrected chi connectivity index (χ1v) is 3.87. The Morgan fingerprint density at radius 3 is 1.85 bits per heavy atom. The number of hydrogen-bond donors (Lipinski definition) is 1. The van der Waals surface area contributed by atoms with E-state index in [9.17, 15) is 9.59 Å². The van der Waals surface area contributed by atoms with Gasteiger partial charge in [-0.2, -0.15) is 19.8 Å². The lowest BCUT2D eigenvalue weighted by Gasteiger charge is -1.96. The van der Waals surface area contributed by atoms with E-state index in [1.54, 1.807) is 12.4 Å². The molecule has 0 saturated carbocycles. The van der Waals surface area contributed by atoms with Crippen molar-refractivity contribution in [3.8, 4) is 0 Å². The van der Waals surface area contributed by atoms with Crippen LogP contribution in [0.1, 0.15) is 12.8 Å². The van der Waals surface area contributed by atoms with E-state index in [-0.39, 0.29) is 24.7 Å². The SMILES string of the molecule is O=C1CCC(=O)N1Cl.c1cn[nH]n1. The van der Waals surface area contributed by atoms with E-state index in [0.717, 1.165) is 0 Å². The minimum atomic E-state index is -0.295. The molecule has 1 aliphatic rings. The van der Waals surface area contributed by atoms with Crippen LogP contribution in [0.25, 0.3) is 0 Å². The number of H-pyrrole nitrogens is 1. The zero-order valence-corrected chi connectivity index (χ0v) is 7.36. The molecule has 0 aromatic carbocycles. The average Bonchev–Trinajstić information content (AvgIpc) is 2.75. The number of carbonyl (C=O) groups excluding carboxylic acids is 2. The summed E-state index contributed by atoms with van der Waals surface area (Å²) in [6.45, 7) is 0. The number of hydrogen-bond acceptors (Lipinski definition) is 4. The Hall–Kier alpha value is -1.43. The molecule has 2 amide bonds. The molecule has 1 aromatic heterocycles. The third kappa shape index (κ3) is 2.83. The summed E-state index contributed by atoms with van der Waals surface area (Å²) < 4.78 is 0.639. The Bertz CT molecular complexity index is 254. The Kier molecular flexibility index (Phi) is 3.39. The smallest absolute Gasteiger partial charge is 0.244 e. The zero-order chi connectivity index (χ0) is 9.68. The topological polar surface area (TPSA) is 79.0 Å². The highest BCUT2D eigenvalue weighted by Gasteiger charge is 2.26. The van der Waals surface area contributed by atoms with Crippen LogP contribution in [0.5, 0.6) is 0 Å². The zero-order valence-electron chi connectivity index (χ0n) is 6.61. The van der Waals surface area contributed by atoms with Crippen LogP contribution < -0.4 is 0 Å². The number of nitrogens with zero attached hydrogens (tertiary/aromatic N) is 3. The quantitative estimate of drug-likeness (QED) is 0.478. The van der Waals surface area contributed by atoms with Gasteiger partial charge in [-0.05, 0) is 0 Å². The molecule has 6 nitrogen and oxygen atoms in total. The predicted octanol–water partition coefficient (Wildman–Crippen LogP) is 0.0939. The Morgan fingerprint density at radius 1 is 1.23 bits per heavy atom. The molecule has 0 aliphatic carbocycles. The van der Waals surface area contributed by atoms with Gasteiger partial charge in [-0.25, -0.2) is 0 Å². The summed E-state index contributed by atoms with van der Waals surface area (Å²) in [6, 6.07) is 0. The Balaban J connectivity index is 0.000000145. The van der Waals surface area contributed by atoms with Crippen LogP contribution >= 0.6 is 11.8 Å². The van der Waals surface area contributed by atoms with Crippen LogP contribution in [0, 0.1) is 0 Å². The van der Waals surface area contributed by atoms with Crippen molar-refractivity contribution < 1.29 is 9.59 Å². The molecule has 2 heterocycles. The number of imide groups is 1. The summed E-state index contributed by atoms with van der Waals surface area (Å²) in [6.07, 6.45) is 3.70. The van der Waals surface area contributed by atoms with Gasteiger partial charge in [-0.1, -0.05) is 0 Å². The highest BCUT2D eigenvalue weighted by molar-refractivity contribution is 6.32. The fraction of sp³-hybridized carbons (Fsp3) is 0.333. The third-order valence-corrected chi connectivity index (χ3v) is 1.70. The number of nitrogens with one attached hydrogen (secondary N) is 1. The summed E-state index contributed by atoms with van der Waals surface area (Å²) in [5.74, 6) is -0.590. The van der Waals surface area contributed by atoms with E-state index in [2.05, 4.69) is 15.4 Å². The van der Waals surface area contributed by atoms with Crippen molar-refractivity contribution in [2.75, 3.05) is 0 Å². The summed E-state index contributed by atoms with van der Waals surface area (Å²) in [5.41, 5.74) is 0. The lowest BCUT2D eigenvalue weighted by molar-refractivity contribution is -0.132. The molecule has 1 aliphatic heterocycles. The molecule has 0 bridgehead atoms. The molecule has 1 fully saturated rings. The van der Waals surface area contributed by atoms with Gasteiger partial charge in [-0.15, -0.1) is 0 Å². The van der Waals surface area contributed by atoms with Gasteiger partial charge < -0.3 is 0 Å². The first-order chi connectivity index (χ1) is 6.22. The van der Waals surface area contributed by atoms with Crippen LogP contribution in [-0.4, -0.2) is 31.6 Å². The third-order valence-electron chi connectivity index (χ3n) is 1.32. The van der Waals surface area contributed by atoms with Crippen molar-refractivity contribution in [2.24, 2.45) is 0 Å². The fourth-order valence-corrected chi connectivity index (χ4v) is 0.885. The number of aromatic nitrogens is 3. The summed E-state index contributed by atoms with van der Waals surface area (Å²) in [4.78, 5) is 20.7. The standard InChI is InChI=1S/C4H4ClNO2.C2H3N3/c5-6-3(7)1-2-4(6)8;1-2-4-5-3-1/h1-2H2;1-2H,(H,3,4,5). The largest absolute Gasteiger partial charge is 0.273 e. The van der Waals surface area contributed by atoms with Gasteiger partial charge in [0.05, 0.1) is 12.4 Å². The van der Waals surface area contributed by atoms with E-state index in [4.69, 9.17) is 11.8 Å². The van der Waals surface area contributed by atoms with Gasteiger partial charge in [0.2, 0.25) is 11.8 Å². The van der Waals surface area contributed by atoms with Gasteiger partial charge in [0, 0.05) is 24.6 Å². The minimum absolute atomic E-state index is 0.266. The van der Waals surface area contributed by atoms with E-state index < -0.39 is 0 Å². The van der Waals surface area contributed by atoms with Crippen LogP contribution in [0.3, 0.4) is 0 Å². The molecule has 13 heavy (non-hydrogen) atoms. The number of halogens is 1. The molecule has 70 valence electrons. The van der Waals surface area contributed by atoms with Crippen LogP contribution in [0.2, 0.25) is 0 Å². The highest BCUT2D eigenvalue weighted by Crippen LogP contribution is 2.12. The van der Waals surface area contributed by atoms with Crippen LogP contribution in [0.4, 0.5) is 0 Å². The molecule has 7 heteroatoms. The monoisotopic (exact) mass is 202 g/mol. The number of amides is 2. The normalized spacial score (nSPS) is 15.6. The molecular formula is C6H7ClN4O2. The molecule has 2 rings (SSSR count). The van der Waals surface area contributed by atoms with Crippen molar-refractivity contribution in [2.45, 2.75) is 12.8 Å². The van der Waals surface area contributed by atoms with Gasteiger partial charge in [-0.3, -0.25) is 9.59 Å². The predicted molar refractivity (Wildman–Crippen MR) is 43.3 cm³/mol.